The van der Waals surface area contributed by atoms with E-state index >= 15 is 0 Å². The molecule has 0 bridgehead atoms. The Bertz CT molecular complexity index is 463. The zero-order chi connectivity index (χ0) is 13.7. The first-order valence-electron chi connectivity index (χ1n) is 5.71. The standard InChI is InChI=1S/C12H15ClN2O3/c1-3-5-8(2)14-12(16)9-6-4-7-10(11(9)13)15(17)18/h4,6-8H,3,5H2,1-2H3,(H,14,16). The lowest BCUT2D eigenvalue weighted by Gasteiger charge is -2.13. The fourth-order valence-corrected chi connectivity index (χ4v) is 1.92. The van der Waals surface area contributed by atoms with Crippen molar-refractivity contribution in [3.8, 4) is 0 Å². The normalized spacial score (nSPS) is 11.9. The lowest BCUT2D eigenvalue weighted by Crippen LogP contribution is -2.32. The van der Waals surface area contributed by atoms with Gasteiger partial charge in [-0.25, -0.2) is 0 Å². The van der Waals surface area contributed by atoms with Gasteiger partial charge in [-0.05, 0) is 19.4 Å². The number of nitrogens with zero attached hydrogens (tertiary/aromatic N) is 1. The van der Waals surface area contributed by atoms with E-state index in [4.69, 9.17) is 11.6 Å². The van der Waals surface area contributed by atoms with E-state index in [1.807, 2.05) is 13.8 Å². The third-order valence-electron chi connectivity index (χ3n) is 2.52. The molecule has 0 aliphatic carbocycles. The van der Waals surface area contributed by atoms with E-state index in [0.29, 0.717) is 0 Å². The van der Waals surface area contributed by atoms with Crippen LogP contribution in [0.2, 0.25) is 5.02 Å². The molecule has 0 spiro atoms. The Morgan fingerprint density at radius 3 is 2.78 bits per heavy atom. The molecule has 5 nitrogen and oxygen atoms in total. The van der Waals surface area contributed by atoms with Crippen molar-refractivity contribution in [2.75, 3.05) is 0 Å². The summed E-state index contributed by atoms with van der Waals surface area (Å²) in [5.41, 5.74) is -0.124. The number of nitro benzene ring substituents is 1. The summed E-state index contributed by atoms with van der Waals surface area (Å²) in [6.45, 7) is 3.90. The zero-order valence-corrected chi connectivity index (χ0v) is 11.0. The minimum atomic E-state index is -0.603. The number of carbonyl (C=O) groups excluding carboxylic acids is 1. The Balaban J connectivity index is 2.93. The highest BCUT2D eigenvalue weighted by Gasteiger charge is 2.20. The third-order valence-corrected chi connectivity index (χ3v) is 2.92. The van der Waals surface area contributed by atoms with E-state index in [-0.39, 0.29) is 28.2 Å². The van der Waals surface area contributed by atoms with Crippen molar-refractivity contribution in [1.29, 1.82) is 0 Å². The Morgan fingerprint density at radius 2 is 2.22 bits per heavy atom. The van der Waals surface area contributed by atoms with Gasteiger partial charge in [-0.1, -0.05) is 31.0 Å². The molecule has 1 amide bonds. The van der Waals surface area contributed by atoms with Gasteiger partial charge in [0.1, 0.15) is 5.02 Å². The van der Waals surface area contributed by atoms with Crippen molar-refractivity contribution in [1.82, 2.24) is 5.32 Å². The average Bonchev–Trinajstić information content (AvgIpc) is 2.28. The predicted molar refractivity (Wildman–Crippen MR) is 69.9 cm³/mol. The first kappa shape index (κ1) is 14.4. The molecule has 6 heteroatoms. The monoisotopic (exact) mass is 270 g/mol. The summed E-state index contributed by atoms with van der Waals surface area (Å²) in [4.78, 5) is 22.0. The van der Waals surface area contributed by atoms with Crippen molar-refractivity contribution in [3.05, 3.63) is 38.9 Å². The van der Waals surface area contributed by atoms with Crippen LogP contribution in [0.3, 0.4) is 0 Å². The van der Waals surface area contributed by atoms with E-state index in [0.717, 1.165) is 12.8 Å². The minimum absolute atomic E-state index is 0.0119. The first-order valence-corrected chi connectivity index (χ1v) is 6.09. The Hall–Kier alpha value is -1.62. The molecule has 1 aromatic rings. The van der Waals surface area contributed by atoms with Crippen molar-refractivity contribution in [2.24, 2.45) is 0 Å². The third kappa shape index (κ3) is 3.43. The molecule has 0 radical (unpaired) electrons. The summed E-state index contributed by atoms with van der Waals surface area (Å²) in [6.07, 6.45) is 1.79. The summed E-state index contributed by atoms with van der Waals surface area (Å²) in [5, 5.41) is 13.3. The lowest BCUT2D eigenvalue weighted by molar-refractivity contribution is -0.384. The van der Waals surface area contributed by atoms with Gasteiger partial charge >= 0.3 is 0 Å². The first-order chi connectivity index (χ1) is 8.47. The van der Waals surface area contributed by atoms with Gasteiger partial charge in [-0.2, -0.15) is 0 Å². The van der Waals surface area contributed by atoms with Crippen molar-refractivity contribution >= 4 is 23.2 Å². The lowest BCUT2D eigenvalue weighted by atomic mass is 10.1. The molecule has 0 aromatic heterocycles. The predicted octanol–water partition coefficient (Wildman–Crippen LogP) is 3.17. The van der Waals surface area contributed by atoms with Gasteiger partial charge in [0.2, 0.25) is 0 Å². The van der Waals surface area contributed by atoms with E-state index in [9.17, 15) is 14.9 Å². The largest absolute Gasteiger partial charge is 0.350 e. The molecule has 0 aliphatic heterocycles. The summed E-state index contributed by atoms with van der Waals surface area (Å²) < 4.78 is 0. The highest BCUT2D eigenvalue weighted by atomic mass is 35.5. The molecule has 1 unspecified atom stereocenters. The number of carbonyl (C=O) groups is 1. The van der Waals surface area contributed by atoms with Gasteiger partial charge in [-0.15, -0.1) is 0 Å². The van der Waals surface area contributed by atoms with Crippen LogP contribution in [0.15, 0.2) is 18.2 Å². The molecule has 1 aromatic carbocycles. The Labute approximate surface area is 110 Å². The minimum Gasteiger partial charge on any atom is -0.350 e. The van der Waals surface area contributed by atoms with Crippen LogP contribution in [-0.2, 0) is 0 Å². The second kappa shape index (κ2) is 6.35. The average molecular weight is 271 g/mol. The van der Waals surface area contributed by atoms with Crippen LogP contribution >= 0.6 is 11.6 Å². The maximum atomic E-state index is 11.9. The number of amides is 1. The second-order valence-electron chi connectivity index (χ2n) is 4.06. The smallest absolute Gasteiger partial charge is 0.288 e. The van der Waals surface area contributed by atoms with Gasteiger partial charge in [0.15, 0.2) is 0 Å². The maximum Gasteiger partial charge on any atom is 0.288 e. The van der Waals surface area contributed by atoms with Crippen LogP contribution in [0.4, 0.5) is 5.69 Å². The molecule has 0 heterocycles. The van der Waals surface area contributed by atoms with Crippen LogP contribution in [0.1, 0.15) is 37.0 Å². The maximum absolute atomic E-state index is 11.9. The summed E-state index contributed by atoms with van der Waals surface area (Å²) >= 11 is 5.86. The molecule has 0 aliphatic rings. The summed E-state index contributed by atoms with van der Waals surface area (Å²) in [5.74, 6) is -0.385. The molecule has 1 atom stereocenters. The number of hydrogen-bond donors (Lipinski definition) is 1. The Morgan fingerprint density at radius 1 is 1.56 bits per heavy atom. The number of rotatable bonds is 5. The SMILES string of the molecule is CCCC(C)NC(=O)c1cccc([N+](=O)[O-])c1Cl. The van der Waals surface area contributed by atoms with Gasteiger partial charge in [0.25, 0.3) is 11.6 Å². The number of nitrogens with one attached hydrogen (secondary N) is 1. The topological polar surface area (TPSA) is 72.2 Å². The number of halogens is 1. The van der Waals surface area contributed by atoms with Crippen molar-refractivity contribution < 1.29 is 9.72 Å². The summed E-state index contributed by atoms with van der Waals surface area (Å²) in [7, 11) is 0. The fourth-order valence-electron chi connectivity index (χ4n) is 1.64. The summed E-state index contributed by atoms with van der Waals surface area (Å²) in [6, 6.07) is 4.21. The van der Waals surface area contributed by atoms with Gasteiger partial charge in [0.05, 0.1) is 10.5 Å². The van der Waals surface area contributed by atoms with Gasteiger partial charge in [-0.3, -0.25) is 14.9 Å². The van der Waals surface area contributed by atoms with E-state index in [1.165, 1.54) is 18.2 Å². The van der Waals surface area contributed by atoms with E-state index in [2.05, 4.69) is 5.32 Å². The molecule has 0 saturated carbocycles. The quantitative estimate of drug-likeness (QED) is 0.660. The molecule has 0 fully saturated rings. The molecule has 1 rings (SSSR count). The molecular formula is C12H15ClN2O3. The molecular weight excluding hydrogens is 256 g/mol. The molecule has 18 heavy (non-hydrogen) atoms. The Kier molecular flexibility index (Phi) is 5.09. The van der Waals surface area contributed by atoms with Crippen molar-refractivity contribution in [3.63, 3.8) is 0 Å². The van der Waals surface area contributed by atoms with Gasteiger partial charge < -0.3 is 5.32 Å². The van der Waals surface area contributed by atoms with E-state index in [1.54, 1.807) is 0 Å². The molecule has 0 saturated heterocycles. The van der Waals surface area contributed by atoms with Crippen LogP contribution in [0.25, 0.3) is 0 Å². The van der Waals surface area contributed by atoms with Crippen LogP contribution in [0.5, 0.6) is 0 Å². The molecule has 1 N–H and O–H groups in total. The zero-order valence-electron chi connectivity index (χ0n) is 10.3. The van der Waals surface area contributed by atoms with Crippen LogP contribution in [0, 0.1) is 10.1 Å². The number of benzene rings is 1. The van der Waals surface area contributed by atoms with Crippen LogP contribution < -0.4 is 5.32 Å². The van der Waals surface area contributed by atoms with Crippen LogP contribution in [-0.4, -0.2) is 16.9 Å². The van der Waals surface area contributed by atoms with E-state index < -0.39 is 4.92 Å². The highest BCUT2D eigenvalue weighted by molar-refractivity contribution is 6.35. The molecule has 98 valence electrons. The number of hydrogen-bond acceptors (Lipinski definition) is 3. The number of nitro groups is 1. The highest BCUT2D eigenvalue weighted by Crippen LogP contribution is 2.27. The van der Waals surface area contributed by atoms with Gasteiger partial charge in [0, 0.05) is 12.1 Å². The van der Waals surface area contributed by atoms with Crippen molar-refractivity contribution in [2.45, 2.75) is 32.7 Å². The fraction of sp³-hybridized carbons (Fsp3) is 0.417. The second-order valence-corrected chi connectivity index (χ2v) is 4.44.